The Bertz CT molecular complexity index is 325. The third-order valence-electron chi connectivity index (χ3n) is 2.34. The van der Waals surface area contributed by atoms with E-state index in [1.165, 1.54) is 0 Å². The average molecular weight is 305 g/mol. The number of hydrogen-bond acceptors (Lipinski definition) is 4. The quantitative estimate of drug-likeness (QED) is 0.788. The summed E-state index contributed by atoms with van der Waals surface area (Å²) in [6, 6.07) is 0. The van der Waals surface area contributed by atoms with Gasteiger partial charge in [0.1, 0.15) is 0 Å². The molecule has 1 fully saturated rings. The zero-order valence-corrected chi connectivity index (χ0v) is 10.1. The number of hydrogen-bond donors (Lipinski definition) is 1. The van der Waals surface area contributed by atoms with Gasteiger partial charge in [-0.2, -0.15) is 0 Å². The van der Waals surface area contributed by atoms with E-state index in [4.69, 9.17) is 0 Å². The standard InChI is InChI=1S/C9H12IN3O/c1-9(14)2-3-13(6-9)8-11-4-7(10)5-12-8/h4-5,14H,2-3,6H2,1H3. The minimum atomic E-state index is -0.591. The van der Waals surface area contributed by atoms with Gasteiger partial charge >= 0.3 is 0 Å². The number of nitrogens with zero attached hydrogens (tertiary/aromatic N) is 3. The van der Waals surface area contributed by atoms with Crippen molar-refractivity contribution in [2.45, 2.75) is 18.9 Å². The van der Waals surface area contributed by atoms with E-state index < -0.39 is 5.60 Å². The Kier molecular flexibility index (Phi) is 2.61. The first-order valence-electron chi connectivity index (χ1n) is 4.52. The first-order chi connectivity index (χ1) is 6.57. The van der Waals surface area contributed by atoms with Crippen LogP contribution in [0.2, 0.25) is 0 Å². The zero-order chi connectivity index (χ0) is 10.2. The molecule has 76 valence electrons. The van der Waals surface area contributed by atoms with E-state index in [-0.39, 0.29) is 0 Å². The van der Waals surface area contributed by atoms with Crippen LogP contribution < -0.4 is 4.90 Å². The molecule has 1 aliphatic rings. The van der Waals surface area contributed by atoms with Gasteiger partial charge in [0.2, 0.25) is 5.95 Å². The number of aromatic nitrogens is 2. The van der Waals surface area contributed by atoms with Crippen molar-refractivity contribution in [3.63, 3.8) is 0 Å². The molecule has 1 aliphatic heterocycles. The lowest BCUT2D eigenvalue weighted by Gasteiger charge is -2.18. The van der Waals surface area contributed by atoms with E-state index in [0.29, 0.717) is 12.5 Å². The van der Waals surface area contributed by atoms with Crippen molar-refractivity contribution in [3.8, 4) is 0 Å². The third kappa shape index (κ3) is 2.14. The van der Waals surface area contributed by atoms with Crippen LogP contribution in [0.15, 0.2) is 12.4 Å². The first-order valence-corrected chi connectivity index (χ1v) is 5.60. The fourth-order valence-electron chi connectivity index (χ4n) is 1.58. The maximum atomic E-state index is 9.78. The van der Waals surface area contributed by atoms with Crippen LogP contribution in [0, 0.1) is 3.57 Å². The molecule has 4 nitrogen and oxygen atoms in total. The Morgan fingerprint density at radius 2 is 2.14 bits per heavy atom. The Morgan fingerprint density at radius 1 is 1.50 bits per heavy atom. The monoisotopic (exact) mass is 305 g/mol. The molecule has 1 atom stereocenters. The highest BCUT2D eigenvalue weighted by molar-refractivity contribution is 14.1. The fraction of sp³-hybridized carbons (Fsp3) is 0.556. The summed E-state index contributed by atoms with van der Waals surface area (Å²) in [5.41, 5.74) is -0.591. The zero-order valence-electron chi connectivity index (χ0n) is 7.94. The Hall–Kier alpha value is -0.430. The molecule has 5 heteroatoms. The van der Waals surface area contributed by atoms with Crippen molar-refractivity contribution in [1.82, 2.24) is 9.97 Å². The Labute approximate surface area is 96.5 Å². The molecule has 1 N–H and O–H groups in total. The second kappa shape index (κ2) is 3.62. The predicted octanol–water partition coefficient (Wildman–Crippen LogP) is 1.04. The largest absolute Gasteiger partial charge is 0.388 e. The predicted molar refractivity (Wildman–Crippen MR) is 62.2 cm³/mol. The lowest BCUT2D eigenvalue weighted by atomic mass is 10.1. The maximum absolute atomic E-state index is 9.78. The molecule has 14 heavy (non-hydrogen) atoms. The summed E-state index contributed by atoms with van der Waals surface area (Å²) in [6.45, 7) is 3.29. The highest BCUT2D eigenvalue weighted by Gasteiger charge is 2.32. The van der Waals surface area contributed by atoms with E-state index in [1.54, 1.807) is 12.4 Å². The highest BCUT2D eigenvalue weighted by atomic mass is 127. The van der Waals surface area contributed by atoms with Gasteiger partial charge in [-0.1, -0.05) is 0 Å². The summed E-state index contributed by atoms with van der Waals surface area (Å²) in [6.07, 6.45) is 4.36. The van der Waals surface area contributed by atoms with Gasteiger partial charge in [-0.25, -0.2) is 9.97 Å². The molecule has 1 aromatic heterocycles. The SMILES string of the molecule is CC1(O)CCN(c2ncc(I)cn2)C1. The van der Waals surface area contributed by atoms with Crippen LogP contribution in [0.3, 0.4) is 0 Å². The van der Waals surface area contributed by atoms with Crippen LogP contribution in [0.1, 0.15) is 13.3 Å². The number of β-amino-alcohol motifs (C(OH)–C–C–N with tert-alkyl or cyclic N) is 1. The molecule has 0 spiro atoms. The van der Waals surface area contributed by atoms with Gasteiger partial charge in [-0.3, -0.25) is 0 Å². The smallest absolute Gasteiger partial charge is 0.225 e. The lowest BCUT2D eigenvalue weighted by Crippen LogP contribution is -2.30. The van der Waals surface area contributed by atoms with Gasteiger partial charge in [0.15, 0.2) is 0 Å². The molecule has 1 aromatic rings. The van der Waals surface area contributed by atoms with Gasteiger partial charge in [0.25, 0.3) is 0 Å². The highest BCUT2D eigenvalue weighted by Crippen LogP contribution is 2.23. The molecule has 2 heterocycles. The molecule has 0 saturated carbocycles. The number of anilines is 1. The Balaban J connectivity index is 2.14. The van der Waals surface area contributed by atoms with Crippen molar-refractivity contribution in [3.05, 3.63) is 16.0 Å². The average Bonchev–Trinajstić information content (AvgIpc) is 2.47. The van der Waals surface area contributed by atoms with E-state index in [0.717, 1.165) is 16.5 Å². The van der Waals surface area contributed by atoms with Gasteiger partial charge in [0, 0.05) is 29.1 Å². The molecule has 0 radical (unpaired) electrons. The molecule has 0 bridgehead atoms. The van der Waals surface area contributed by atoms with Crippen LogP contribution in [0.5, 0.6) is 0 Å². The lowest BCUT2D eigenvalue weighted by molar-refractivity contribution is 0.0838. The minimum Gasteiger partial charge on any atom is -0.388 e. The summed E-state index contributed by atoms with van der Waals surface area (Å²) in [5, 5.41) is 9.78. The molecular weight excluding hydrogens is 293 g/mol. The normalized spacial score (nSPS) is 26.9. The van der Waals surface area contributed by atoms with E-state index in [9.17, 15) is 5.11 Å². The van der Waals surface area contributed by atoms with Crippen molar-refractivity contribution in [1.29, 1.82) is 0 Å². The van der Waals surface area contributed by atoms with Crippen molar-refractivity contribution >= 4 is 28.5 Å². The molecular formula is C9H12IN3O. The van der Waals surface area contributed by atoms with E-state index >= 15 is 0 Å². The molecule has 1 unspecified atom stereocenters. The van der Waals surface area contributed by atoms with Crippen molar-refractivity contribution in [2.75, 3.05) is 18.0 Å². The molecule has 1 saturated heterocycles. The fourth-order valence-corrected chi connectivity index (χ4v) is 1.86. The second-order valence-corrected chi connectivity index (χ2v) is 5.12. The van der Waals surface area contributed by atoms with Gasteiger partial charge in [-0.15, -0.1) is 0 Å². The minimum absolute atomic E-state index is 0.591. The van der Waals surface area contributed by atoms with E-state index in [1.807, 2.05) is 11.8 Å². The van der Waals surface area contributed by atoms with Crippen LogP contribution in [-0.2, 0) is 0 Å². The van der Waals surface area contributed by atoms with Gasteiger partial charge in [0.05, 0.1) is 5.60 Å². The number of halogens is 1. The summed E-state index contributed by atoms with van der Waals surface area (Å²) < 4.78 is 1.03. The van der Waals surface area contributed by atoms with Gasteiger partial charge in [-0.05, 0) is 35.9 Å². The van der Waals surface area contributed by atoms with E-state index in [2.05, 4.69) is 32.6 Å². The van der Waals surface area contributed by atoms with Crippen LogP contribution in [-0.4, -0.2) is 33.8 Å². The first kappa shape index (κ1) is 10.1. The Morgan fingerprint density at radius 3 is 2.64 bits per heavy atom. The molecule has 0 amide bonds. The van der Waals surface area contributed by atoms with Crippen molar-refractivity contribution < 1.29 is 5.11 Å². The second-order valence-electron chi connectivity index (χ2n) is 3.87. The van der Waals surface area contributed by atoms with Crippen LogP contribution in [0.25, 0.3) is 0 Å². The van der Waals surface area contributed by atoms with Crippen LogP contribution >= 0.6 is 22.6 Å². The maximum Gasteiger partial charge on any atom is 0.225 e. The van der Waals surface area contributed by atoms with Crippen LogP contribution in [0.4, 0.5) is 5.95 Å². The van der Waals surface area contributed by atoms with Gasteiger partial charge < -0.3 is 10.0 Å². The summed E-state index contributed by atoms with van der Waals surface area (Å²) in [5.74, 6) is 0.711. The molecule has 0 aliphatic carbocycles. The number of rotatable bonds is 1. The molecule has 0 aromatic carbocycles. The molecule has 2 rings (SSSR count). The summed E-state index contributed by atoms with van der Waals surface area (Å²) in [4.78, 5) is 10.5. The van der Waals surface area contributed by atoms with Crippen molar-refractivity contribution in [2.24, 2.45) is 0 Å². The third-order valence-corrected chi connectivity index (χ3v) is 2.90. The summed E-state index contributed by atoms with van der Waals surface area (Å²) in [7, 11) is 0. The number of aliphatic hydroxyl groups is 1. The topological polar surface area (TPSA) is 49.2 Å². The summed E-state index contributed by atoms with van der Waals surface area (Å²) >= 11 is 2.17.